The molecule has 2 rings (SSSR count). The molecule has 0 atom stereocenters. The molecule has 20 heavy (non-hydrogen) atoms. The predicted octanol–water partition coefficient (Wildman–Crippen LogP) is 3.45. The third kappa shape index (κ3) is 4.74. The van der Waals surface area contributed by atoms with Gasteiger partial charge in [-0.1, -0.05) is 48.5 Å². The number of hydrogen-bond donors (Lipinski definition) is 1. The Balaban J connectivity index is 1.70. The molecule has 0 radical (unpaired) electrons. The zero-order chi connectivity index (χ0) is 14.2. The largest absolute Gasteiger partial charge is 0.355 e. The highest BCUT2D eigenvalue weighted by molar-refractivity contribution is 8.00. The van der Waals surface area contributed by atoms with E-state index in [4.69, 9.17) is 0 Å². The molecule has 2 nitrogen and oxygen atoms in total. The Morgan fingerprint density at radius 3 is 2.50 bits per heavy atom. The van der Waals surface area contributed by atoms with E-state index in [1.165, 1.54) is 16.0 Å². The van der Waals surface area contributed by atoms with Gasteiger partial charge in [0.2, 0.25) is 5.91 Å². The highest BCUT2D eigenvalue weighted by atomic mass is 32.2. The van der Waals surface area contributed by atoms with Gasteiger partial charge in [0.25, 0.3) is 0 Å². The fourth-order valence-electron chi connectivity index (χ4n) is 1.90. The third-order valence-electron chi connectivity index (χ3n) is 3.03. The SMILES string of the molecule is Cc1ccccc1SCC(=O)NCCc1ccccc1. The number of rotatable bonds is 6. The first-order valence-electron chi connectivity index (χ1n) is 6.75. The van der Waals surface area contributed by atoms with Gasteiger partial charge in [-0.3, -0.25) is 4.79 Å². The van der Waals surface area contributed by atoms with Crippen LogP contribution in [0.3, 0.4) is 0 Å². The molecule has 0 heterocycles. The zero-order valence-corrected chi connectivity index (χ0v) is 12.5. The van der Waals surface area contributed by atoms with Crippen LogP contribution in [0, 0.1) is 6.92 Å². The lowest BCUT2D eigenvalue weighted by Crippen LogP contribution is -2.27. The number of amides is 1. The van der Waals surface area contributed by atoms with E-state index in [1.54, 1.807) is 11.8 Å². The topological polar surface area (TPSA) is 29.1 Å². The van der Waals surface area contributed by atoms with Gasteiger partial charge in [-0.05, 0) is 30.5 Å². The van der Waals surface area contributed by atoms with Crippen LogP contribution in [0.2, 0.25) is 0 Å². The van der Waals surface area contributed by atoms with Crippen LogP contribution < -0.4 is 5.32 Å². The zero-order valence-electron chi connectivity index (χ0n) is 11.6. The monoisotopic (exact) mass is 285 g/mol. The van der Waals surface area contributed by atoms with E-state index < -0.39 is 0 Å². The average molecular weight is 285 g/mol. The van der Waals surface area contributed by atoms with Crippen molar-refractivity contribution in [2.24, 2.45) is 0 Å². The summed E-state index contributed by atoms with van der Waals surface area (Å²) in [6.07, 6.45) is 0.877. The summed E-state index contributed by atoms with van der Waals surface area (Å²) in [4.78, 5) is 13.0. The first kappa shape index (κ1) is 14.7. The molecule has 2 aromatic rings. The normalized spacial score (nSPS) is 10.2. The highest BCUT2D eigenvalue weighted by Gasteiger charge is 2.04. The molecule has 104 valence electrons. The minimum Gasteiger partial charge on any atom is -0.355 e. The van der Waals surface area contributed by atoms with Crippen LogP contribution in [0.5, 0.6) is 0 Å². The number of carbonyl (C=O) groups is 1. The maximum atomic E-state index is 11.8. The average Bonchev–Trinajstić information content (AvgIpc) is 2.47. The molecule has 0 aliphatic carbocycles. The van der Waals surface area contributed by atoms with Crippen molar-refractivity contribution in [2.45, 2.75) is 18.2 Å². The summed E-state index contributed by atoms with van der Waals surface area (Å²) in [5, 5.41) is 2.96. The summed E-state index contributed by atoms with van der Waals surface area (Å²) in [6, 6.07) is 18.3. The van der Waals surface area contributed by atoms with E-state index in [0.29, 0.717) is 12.3 Å². The van der Waals surface area contributed by atoms with Gasteiger partial charge in [-0.15, -0.1) is 11.8 Å². The van der Waals surface area contributed by atoms with Gasteiger partial charge < -0.3 is 5.32 Å². The van der Waals surface area contributed by atoms with Crippen molar-refractivity contribution < 1.29 is 4.79 Å². The van der Waals surface area contributed by atoms with Crippen molar-refractivity contribution >= 4 is 17.7 Å². The summed E-state index contributed by atoms with van der Waals surface area (Å²) in [5.41, 5.74) is 2.47. The lowest BCUT2D eigenvalue weighted by atomic mass is 10.1. The highest BCUT2D eigenvalue weighted by Crippen LogP contribution is 2.21. The van der Waals surface area contributed by atoms with Crippen molar-refractivity contribution in [1.82, 2.24) is 5.32 Å². The van der Waals surface area contributed by atoms with E-state index in [0.717, 1.165) is 6.42 Å². The standard InChI is InChI=1S/C17H19NOS/c1-14-7-5-6-10-16(14)20-13-17(19)18-12-11-15-8-3-2-4-9-15/h2-10H,11-13H2,1H3,(H,18,19). The van der Waals surface area contributed by atoms with Gasteiger partial charge in [0.1, 0.15) is 0 Å². The van der Waals surface area contributed by atoms with Crippen molar-refractivity contribution in [1.29, 1.82) is 0 Å². The van der Waals surface area contributed by atoms with Gasteiger partial charge in [0.15, 0.2) is 0 Å². The van der Waals surface area contributed by atoms with Crippen LogP contribution in [-0.2, 0) is 11.2 Å². The third-order valence-corrected chi connectivity index (χ3v) is 4.21. The Bertz CT molecular complexity index is 554. The predicted molar refractivity (Wildman–Crippen MR) is 85.1 cm³/mol. The number of hydrogen-bond acceptors (Lipinski definition) is 2. The van der Waals surface area contributed by atoms with Gasteiger partial charge in [-0.25, -0.2) is 0 Å². The molecule has 0 unspecified atom stereocenters. The Morgan fingerprint density at radius 2 is 1.75 bits per heavy atom. The molecule has 0 fully saturated rings. The van der Waals surface area contributed by atoms with E-state index in [1.807, 2.05) is 30.3 Å². The summed E-state index contributed by atoms with van der Waals surface area (Å²) >= 11 is 1.59. The molecule has 0 aliphatic heterocycles. The molecule has 1 amide bonds. The van der Waals surface area contributed by atoms with Gasteiger partial charge >= 0.3 is 0 Å². The van der Waals surface area contributed by atoms with Crippen LogP contribution in [0.1, 0.15) is 11.1 Å². The second-order valence-electron chi connectivity index (χ2n) is 4.64. The van der Waals surface area contributed by atoms with Gasteiger partial charge in [0, 0.05) is 11.4 Å². The van der Waals surface area contributed by atoms with Crippen molar-refractivity contribution in [2.75, 3.05) is 12.3 Å². The van der Waals surface area contributed by atoms with Crippen LogP contribution in [0.15, 0.2) is 59.5 Å². The van der Waals surface area contributed by atoms with Gasteiger partial charge in [0.05, 0.1) is 5.75 Å². The Hall–Kier alpha value is -1.74. The lowest BCUT2D eigenvalue weighted by Gasteiger charge is -2.07. The smallest absolute Gasteiger partial charge is 0.230 e. The molecular weight excluding hydrogens is 266 g/mol. The second kappa shape index (κ2) is 7.75. The van der Waals surface area contributed by atoms with E-state index in [2.05, 4.69) is 36.5 Å². The molecule has 0 aliphatic rings. The molecule has 3 heteroatoms. The minimum absolute atomic E-state index is 0.0918. The number of aryl methyl sites for hydroxylation is 1. The maximum absolute atomic E-state index is 11.8. The fraction of sp³-hybridized carbons (Fsp3) is 0.235. The van der Waals surface area contributed by atoms with Crippen molar-refractivity contribution in [3.63, 3.8) is 0 Å². The Kier molecular flexibility index (Phi) is 5.69. The van der Waals surface area contributed by atoms with Crippen LogP contribution in [0.25, 0.3) is 0 Å². The number of thioether (sulfide) groups is 1. The second-order valence-corrected chi connectivity index (χ2v) is 5.66. The summed E-state index contributed by atoms with van der Waals surface area (Å²) in [7, 11) is 0. The van der Waals surface area contributed by atoms with Crippen molar-refractivity contribution in [3.8, 4) is 0 Å². The molecule has 0 bridgehead atoms. The molecular formula is C17H19NOS. The molecule has 0 spiro atoms. The Labute approximate surface area is 124 Å². The molecule has 0 saturated carbocycles. The van der Waals surface area contributed by atoms with E-state index in [9.17, 15) is 4.79 Å². The number of carbonyl (C=O) groups excluding carboxylic acids is 1. The first-order valence-corrected chi connectivity index (χ1v) is 7.73. The van der Waals surface area contributed by atoms with E-state index >= 15 is 0 Å². The van der Waals surface area contributed by atoms with Crippen LogP contribution >= 0.6 is 11.8 Å². The maximum Gasteiger partial charge on any atom is 0.230 e. The van der Waals surface area contributed by atoms with Crippen LogP contribution in [0.4, 0.5) is 0 Å². The van der Waals surface area contributed by atoms with E-state index in [-0.39, 0.29) is 5.91 Å². The number of nitrogens with one attached hydrogen (secondary N) is 1. The quantitative estimate of drug-likeness (QED) is 0.824. The molecule has 0 aromatic heterocycles. The molecule has 2 aromatic carbocycles. The summed E-state index contributed by atoms with van der Waals surface area (Å²) < 4.78 is 0. The summed E-state index contributed by atoms with van der Waals surface area (Å²) in [6.45, 7) is 2.76. The van der Waals surface area contributed by atoms with Crippen LogP contribution in [-0.4, -0.2) is 18.2 Å². The lowest BCUT2D eigenvalue weighted by molar-refractivity contribution is -0.118. The minimum atomic E-state index is 0.0918. The van der Waals surface area contributed by atoms with Crippen molar-refractivity contribution in [3.05, 3.63) is 65.7 Å². The first-order chi connectivity index (χ1) is 9.75. The fourth-order valence-corrected chi connectivity index (χ4v) is 2.76. The summed E-state index contributed by atoms with van der Waals surface area (Å²) in [5.74, 6) is 0.564. The Morgan fingerprint density at radius 1 is 1.05 bits per heavy atom. The molecule has 1 N–H and O–H groups in total. The molecule has 0 saturated heterocycles. The van der Waals surface area contributed by atoms with Gasteiger partial charge in [-0.2, -0.15) is 0 Å². The number of benzene rings is 2.